The molecule has 1 N–H and O–H groups in total. The van der Waals surface area contributed by atoms with Gasteiger partial charge >= 0.3 is 0 Å². The molecule has 1 aliphatic heterocycles. The van der Waals surface area contributed by atoms with Gasteiger partial charge in [0.1, 0.15) is 0 Å². The van der Waals surface area contributed by atoms with E-state index in [9.17, 15) is 9.90 Å². The van der Waals surface area contributed by atoms with Gasteiger partial charge in [0.15, 0.2) is 11.5 Å². The molecule has 19 heavy (non-hydrogen) atoms. The van der Waals surface area contributed by atoms with E-state index in [-0.39, 0.29) is 11.6 Å². The van der Waals surface area contributed by atoms with Crippen molar-refractivity contribution >= 4 is 5.91 Å². The first kappa shape index (κ1) is 11.9. The van der Waals surface area contributed by atoms with Gasteiger partial charge in [-0.25, -0.2) is 0 Å². The minimum absolute atomic E-state index is 0.192. The van der Waals surface area contributed by atoms with Gasteiger partial charge in [-0.1, -0.05) is 35.5 Å². The Balaban J connectivity index is 1.80. The maximum atomic E-state index is 12.1. The highest BCUT2D eigenvalue weighted by Gasteiger charge is 2.27. The summed E-state index contributed by atoms with van der Waals surface area (Å²) in [5.41, 5.74) is 1.17. The van der Waals surface area contributed by atoms with Crippen molar-refractivity contribution in [1.29, 1.82) is 0 Å². The molecule has 5 heteroatoms. The number of carbonyl (C=O) groups excluding carboxylic acids is 1. The number of amides is 1. The van der Waals surface area contributed by atoms with E-state index in [2.05, 4.69) is 5.16 Å². The summed E-state index contributed by atoms with van der Waals surface area (Å²) in [5, 5.41) is 13.3. The van der Waals surface area contributed by atoms with Gasteiger partial charge in [0.25, 0.3) is 5.91 Å². The fourth-order valence-corrected chi connectivity index (χ4v) is 2.20. The maximum Gasteiger partial charge on any atom is 0.276 e. The first-order chi connectivity index (χ1) is 9.24. The molecule has 0 spiro atoms. The van der Waals surface area contributed by atoms with Crippen LogP contribution in [0.25, 0.3) is 11.3 Å². The molecule has 5 nitrogen and oxygen atoms in total. The van der Waals surface area contributed by atoms with E-state index in [1.165, 1.54) is 0 Å². The first-order valence-electron chi connectivity index (χ1n) is 6.23. The average molecular weight is 258 g/mol. The minimum Gasteiger partial charge on any atom is -0.391 e. The summed E-state index contributed by atoms with van der Waals surface area (Å²) in [4.78, 5) is 13.7. The van der Waals surface area contributed by atoms with Crippen molar-refractivity contribution in [3.05, 3.63) is 42.1 Å². The molecule has 0 aliphatic carbocycles. The lowest BCUT2D eigenvalue weighted by molar-refractivity contribution is 0.0755. The molecule has 1 fully saturated rings. The highest BCUT2D eigenvalue weighted by molar-refractivity contribution is 5.93. The lowest BCUT2D eigenvalue weighted by atomic mass is 10.1. The number of rotatable bonds is 2. The summed E-state index contributed by atoms with van der Waals surface area (Å²) < 4.78 is 5.20. The van der Waals surface area contributed by atoms with Gasteiger partial charge in [-0.3, -0.25) is 4.79 Å². The standard InChI is InChI=1S/C14H14N2O3/c17-11-6-7-16(9-11)14(18)12-8-13(19-15-12)10-4-2-1-3-5-10/h1-5,8,11,17H,6-7,9H2. The molecule has 98 valence electrons. The summed E-state index contributed by atoms with van der Waals surface area (Å²) in [6, 6.07) is 11.1. The molecular weight excluding hydrogens is 244 g/mol. The Morgan fingerprint density at radius 1 is 1.37 bits per heavy atom. The van der Waals surface area contributed by atoms with Crippen molar-refractivity contribution < 1.29 is 14.4 Å². The van der Waals surface area contributed by atoms with Crippen LogP contribution in [0.1, 0.15) is 16.9 Å². The number of aliphatic hydroxyl groups excluding tert-OH is 1. The molecule has 1 unspecified atom stereocenters. The van der Waals surface area contributed by atoms with Gasteiger partial charge in [-0.15, -0.1) is 0 Å². The normalized spacial score (nSPS) is 18.8. The van der Waals surface area contributed by atoms with Gasteiger partial charge in [0.2, 0.25) is 0 Å². The highest BCUT2D eigenvalue weighted by Crippen LogP contribution is 2.21. The zero-order valence-corrected chi connectivity index (χ0v) is 10.3. The number of hydrogen-bond acceptors (Lipinski definition) is 4. The number of likely N-dealkylation sites (tertiary alicyclic amines) is 1. The molecule has 0 radical (unpaired) electrons. The van der Waals surface area contributed by atoms with Crippen LogP contribution >= 0.6 is 0 Å². The second kappa shape index (κ2) is 4.85. The zero-order chi connectivity index (χ0) is 13.2. The van der Waals surface area contributed by atoms with E-state index in [0.717, 1.165) is 5.56 Å². The monoisotopic (exact) mass is 258 g/mol. The molecule has 1 aromatic heterocycles. The van der Waals surface area contributed by atoms with E-state index < -0.39 is 6.10 Å². The topological polar surface area (TPSA) is 66.6 Å². The van der Waals surface area contributed by atoms with E-state index >= 15 is 0 Å². The molecule has 3 rings (SSSR count). The lowest BCUT2D eigenvalue weighted by Gasteiger charge is -2.12. The largest absolute Gasteiger partial charge is 0.391 e. The Hall–Kier alpha value is -2.14. The molecule has 1 amide bonds. The van der Waals surface area contributed by atoms with Crippen molar-refractivity contribution in [2.24, 2.45) is 0 Å². The van der Waals surface area contributed by atoms with E-state index in [1.807, 2.05) is 30.3 Å². The molecule has 0 saturated carbocycles. The van der Waals surface area contributed by atoms with Crippen molar-refractivity contribution in [3.8, 4) is 11.3 Å². The van der Waals surface area contributed by atoms with Crippen LogP contribution in [0.15, 0.2) is 40.9 Å². The number of aromatic nitrogens is 1. The predicted molar refractivity (Wildman–Crippen MR) is 68.5 cm³/mol. The van der Waals surface area contributed by atoms with Crippen LogP contribution in [0.5, 0.6) is 0 Å². The molecular formula is C14H14N2O3. The van der Waals surface area contributed by atoms with Crippen molar-refractivity contribution in [2.75, 3.05) is 13.1 Å². The van der Waals surface area contributed by atoms with Crippen LogP contribution in [0.4, 0.5) is 0 Å². The SMILES string of the molecule is O=C(c1cc(-c2ccccc2)on1)N1CCC(O)C1. The van der Waals surface area contributed by atoms with E-state index in [0.29, 0.717) is 25.3 Å². The van der Waals surface area contributed by atoms with Crippen LogP contribution in [0.3, 0.4) is 0 Å². The molecule has 1 atom stereocenters. The second-order valence-corrected chi connectivity index (χ2v) is 4.64. The maximum absolute atomic E-state index is 12.1. The molecule has 2 heterocycles. The van der Waals surface area contributed by atoms with Gasteiger partial charge in [-0.2, -0.15) is 0 Å². The van der Waals surface area contributed by atoms with Gasteiger partial charge in [0, 0.05) is 24.7 Å². The first-order valence-corrected chi connectivity index (χ1v) is 6.23. The minimum atomic E-state index is -0.426. The molecule has 1 aliphatic rings. The smallest absolute Gasteiger partial charge is 0.276 e. The lowest BCUT2D eigenvalue weighted by Crippen LogP contribution is -2.29. The highest BCUT2D eigenvalue weighted by atomic mass is 16.5. The number of carbonyl (C=O) groups is 1. The van der Waals surface area contributed by atoms with Crippen LogP contribution in [0.2, 0.25) is 0 Å². The summed E-state index contributed by atoms with van der Waals surface area (Å²) in [7, 11) is 0. The molecule has 0 bridgehead atoms. The number of aliphatic hydroxyl groups is 1. The zero-order valence-electron chi connectivity index (χ0n) is 10.3. The third kappa shape index (κ3) is 2.37. The van der Waals surface area contributed by atoms with Gasteiger partial charge < -0.3 is 14.5 Å². The predicted octanol–water partition coefficient (Wildman–Crippen LogP) is 1.55. The fourth-order valence-electron chi connectivity index (χ4n) is 2.20. The Bertz CT molecular complexity index is 579. The summed E-state index contributed by atoms with van der Waals surface area (Å²) in [5.74, 6) is 0.381. The number of benzene rings is 1. The van der Waals surface area contributed by atoms with Gasteiger partial charge in [0.05, 0.1) is 6.10 Å². The third-order valence-electron chi connectivity index (χ3n) is 3.24. The average Bonchev–Trinajstić information content (AvgIpc) is 3.08. The Labute approximate surface area is 110 Å². The van der Waals surface area contributed by atoms with Crippen LogP contribution in [-0.4, -0.2) is 40.3 Å². The van der Waals surface area contributed by atoms with E-state index in [1.54, 1.807) is 11.0 Å². The molecule has 1 aromatic carbocycles. The Kier molecular flexibility index (Phi) is 3.05. The Morgan fingerprint density at radius 2 is 2.16 bits per heavy atom. The number of hydrogen-bond donors (Lipinski definition) is 1. The Morgan fingerprint density at radius 3 is 2.84 bits per heavy atom. The quantitative estimate of drug-likeness (QED) is 0.887. The fraction of sp³-hybridized carbons (Fsp3) is 0.286. The molecule has 2 aromatic rings. The third-order valence-corrected chi connectivity index (χ3v) is 3.24. The van der Waals surface area contributed by atoms with Gasteiger partial charge in [-0.05, 0) is 6.42 Å². The summed E-state index contributed by atoms with van der Waals surface area (Å²) in [6.45, 7) is 0.930. The van der Waals surface area contributed by atoms with E-state index in [4.69, 9.17) is 4.52 Å². The van der Waals surface area contributed by atoms with Crippen molar-refractivity contribution in [2.45, 2.75) is 12.5 Å². The summed E-state index contributed by atoms with van der Waals surface area (Å²) >= 11 is 0. The molecule has 1 saturated heterocycles. The number of nitrogens with zero attached hydrogens (tertiary/aromatic N) is 2. The van der Waals surface area contributed by atoms with Crippen LogP contribution in [-0.2, 0) is 0 Å². The second-order valence-electron chi connectivity index (χ2n) is 4.64. The van der Waals surface area contributed by atoms with Crippen molar-refractivity contribution in [3.63, 3.8) is 0 Å². The van der Waals surface area contributed by atoms with Crippen LogP contribution in [0, 0.1) is 0 Å². The summed E-state index contributed by atoms with van der Waals surface area (Å²) in [6.07, 6.45) is 0.194. The van der Waals surface area contributed by atoms with Crippen LogP contribution < -0.4 is 0 Å². The van der Waals surface area contributed by atoms with Crippen molar-refractivity contribution in [1.82, 2.24) is 10.1 Å². The number of β-amino-alcohol motifs (C(OH)–C–C–N with tert-alkyl or cyclic N) is 1.